The van der Waals surface area contributed by atoms with Crippen molar-refractivity contribution in [2.75, 3.05) is 0 Å². The maximum Gasteiger partial charge on any atom is 0.408 e. The second-order valence-electron chi connectivity index (χ2n) is 9.05. The summed E-state index contributed by atoms with van der Waals surface area (Å²) in [6, 6.07) is 29.8. The number of alkyl carbamates (subject to hydrolysis) is 1. The maximum atomic E-state index is 13.0. The first-order valence-corrected chi connectivity index (χ1v) is 14.0. The molecule has 0 radical (unpaired) electrons. The van der Waals surface area contributed by atoms with Crippen LogP contribution in [-0.2, 0) is 44.0 Å². The van der Waals surface area contributed by atoms with Crippen molar-refractivity contribution in [1.82, 2.24) is 5.32 Å². The monoisotopic (exact) mass is 559 g/mol. The van der Waals surface area contributed by atoms with E-state index in [1.807, 2.05) is 67.6 Å². The summed E-state index contributed by atoms with van der Waals surface area (Å²) in [5, 5.41) is 2.58. The minimum Gasteiger partial charge on any atom is -0.459 e. The number of rotatable bonds is 11. The molecular formula is C31H29NO7S. The lowest BCUT2D eigenvalue weighted by molar-refractivity contribution is -0.147. The Kier molecular flexibility index (Phi) is 9.53. The van der Waals surface area contributed by atoms with Gasteiger partial charge in [-0.2, -0.15) is 8.42 Å². The Morgan fingerprint density at radius 3 is 1.93 bits per heavy atom. The van der Waals surface area contributed by atoms with Crippen LogP contribution in [0.25, 0.3) is 0 Å². The summed E-state index contributed by atoms with van der Waals surface area (Å²) in [7, 11) is -4.06. The Balaban J connectivity index is 1.46. The van der Waals surface area contributed by atoms with E-state index in [0.29, 0.717) is 5.56 Å². The highest BCUT2D eigenvalue weighted by Crippen LogP contribution is 2.21. The Morgan fingerprint density at radius 2 is 1.30 bits per heavy atom. The number of hydrogen-bond acceptors (Lipinski definition) is 7. The molecule has 4 aromatic rings. The van der Waals surface area contributed by atoms with Gasteiger partial charge in [0.05, 0.1) is 0 Å². The smallest absolute Gasteiger partial charge is 0.408 e. The zero-order chi connectivity index (χ0) is 28.4. The second kappa shape index (κ2) is 13.4. The number of hydrogen-bond donors (Lipinski definition) is 1. The molecule has 0 aromatic heterocycles. The molecule has 4 aromatic carbocycles. The molecule has 0 aliphatic carbocycles. The molecule has 0 fully saturated rings. The first-order chi connectivity index (χ1) is 19.3. The summed E-state index contributed by atoms with van der Waals surface area (Å²) in [5.41, 5.74) is 3.04. The summed E-state index contributed by atoms with van der Waals surface area (Å²) >= 11 is 0. The SMILES string of the molecule is Cc1ccc(S(=O)(=O)Oc2cccc(C[C@H](NC(=O)OCc3ccccc3)C(=O)OCc3ccccc3)c2)cc1. The number of ether oxygens (including phenoxy) is 2. The van der Waals surface area contributed by atoms with E-state index in [0.717, 1.165) is 16.7 Å². The summed E-state index contributed by atoms with van der Waals surface area (Å²) in [4.78, 5) is 25.6. The lowest BCUT2D eigenvalue weighted by Gasteiger charge is -2.18. The molecular weight excluding hydrogens is 530 g/mol. The molecule has 0 saturated carbocycles. The highest BCUT2D eigenvalue weighted by atomic mass is 32.2. The number of benzene rings is 4. The van der Waals surface area contributed by atoms with Crippen molar-refractivity contribution >= 4 is 22.2 Å². The molecule has 0 heterocycles. The first kappa shape index (κ1) is 28.4. The Hall–Kier alpha value is -4.63. The molecule has 4 rings (SSSR count). The first-order valence-electron chi connectivity index (χ1n) is 12.6. The summed E-state index contributed by atoms with van der Waals surface area (Å²) < 4.78 is 41.6. The van der Waals surface area contributed by atoms with Crippen molar-refractivity contribution in [2.45, 2.75) is 37.5 Å². The highest BCUT2D eigenvalue weighted by Gasteiger charge is 2.25. The largest absolute Gasteiger partial charge is 0.459 e. The quantitative estimate of drug-likeness (QED) is 0.195. The highest BCUT2D eigenvalue weighted by molar-refractivity contribution is 7.87. The van der Waals surface area contributed by atoms with Gasteiger partial charge in [-0.05, 0) is 47.9 Å². The fourth-order valence-electron chi connectivity index (χ4n) is 3.77. The zero-order valence-electron chi connectivity index (χ0n) is 21.9. The van der Waals surface area contributed by atoms with Crippen LogP contribution in [0.4, 0.5) is 4.79 Å². The van der Waals surface area contributed by atoms with Crippen LogP contribution in [0.5, 0.6) is 5.75 Å². The molecule has 0 unspecified atom stereocenters. The number of amides is 1. The van der Waals surface area contributed by atoms with Crippen molar-refractivity contribution < 1.29 is 31.7 Å². The van der Waals surface area contributed by atoms with Gasteiger partial charge in [-0.15, -0.1) is 0 Å². The molecule has 0 bridgehead atoms. The van der Waals surface area contributed by atoms with Crippen LogP contribution in [0.3, 0.4) is 0 Å². The van der Waals surface area contributed by atoms with E-state index in [1.165, 1.54) is 24.3 Å². The molecule has 0 aliphatic rings. The molecule has 0 aliphatic heterocycles. The van der Waals surface area contributed by atoms with Crippen molar-refractivity contribution in [3.8, 4) is 5.75 Å². The molecule has 0 spiro atoms. The van der Waals surface area contributed by atoms with Crippen LogP contribution in [0.15, 0.2) is 114 Å². The van der Waals surface area contributed by atoms with E-state index in [-0.39, 0.29) is 30.3 Å². The molecule has 206 valence electrons. The van der Waals surface area contributed by atoms with Gasteiger partial charge in [-0.3, -0.25) is 0 Å². The average molecular weight is 560 g/mol. The molecule has 8 nitrogen and oxygen atoms in total. The Labute approximate surface area is 233 Å². The van der Waals surface area contributed by atoms with Crippen molar-refractivity contribution in [2.24, 2.45) is 0 Å². The molecule has 1 atom stereocenters. The van der Waals surface area contributed by atoms with Gasteiger partial charge in [-0.25, -0.2) is 9.59 Å². The summed E-state index contributed by atoms with van der Waals surface area (Å²) in [6.07, 6.45) is -0.782. The van der Waals surface area contributed by atoms with E-state index in [4.69, 9.17) is 13.7 Å². The lowest BCUT2D eigenvalue weighted by Crippen LogP contribution is -2.43. The number of nitrogens with one attached hydrogen (secondary N) is 1. The molecule has 1 amide bonds. The minimum atomic E-state index is -4.06. The van der Waals surface area contributed by atoms with Gasteiger partial charge >= 0.3 is 22.2 Å². The fourth-order valence-corrected chi connectivity index (χ4v) is 4.69. The summed E-state index contributed by atoms with van der Waals surface area (Å²) in [5.74, 6) is -0.597. The maximum absolute atomic E-state index is 13.0. The fraction of sp³-hybridized carbons (Fsp3) is 0.161. The van der Waals surface area contributed by atoms with Gasteiger partial charge < -0.3 is 19.0 Å². The lowest BCUT2D eigenvalue weighted by atomic mass is 10.1. The molecule has 1 N–H and O–H groups in total. The van der Waals surface area contributed by atoms with Gasteiger partial charge in [0, 0.05) is 6.42 Å². The molecule has 0 saturated heterocycles. The normalized spacial score (nSPS) is 11.7. The second-order valence-corrected chi connectivity index (χ2v) is 10.6. The van der Waals surface area contributed by atoms with Gasteiger partial charge in [0.15, 0.2) is 0 Å². The van der Waals surface area contributed by atoms with Crippen LogP contribution in [0.1, 0.15) is 22.3 Å². The van der Waals surface area contributed by atoms with Gasteiger partial charge in [0.25, 0.3) is 0 Å². The number of carbonyl (C=O) groups is 2. The number of esters is 1. The van der Waals surface area contributed by atoms with E-state index in [1.54, 1.807) is 24.3 Å². The van der Waals surface area contributed by atoms with E-state index in [9.17, 15) is 18.0 Å². The average Bonchev–Trinajstić information content (AvgIpc) is 2.96. The van der Waals surface area contributed by atoms with Crippen LogP contribution in [0, 0.1) is 6.92 Å². The minimum absolute atomic E-state index is 0.00976. The van der Waals surface area contributed by atoms with Gasteiger partial charge in [0.1, 0.15) is 29.9 Å². The third kappa shape index (κ3) is 8.44. The van der Waals surface area contributed by atoms with Gasteiger partial charge in [0.2, 0.25) is 0 Å². The van der Waals surface area contributed by atoms with Crippen molar-refractivity contribution in [3.63, 3.8) is 0 Å². The number of aryl methyl sites for hydroxylation is 1. The standard InChI is InChI=1S/C31H29NO7S/c1-23-15-17-28(18-16-23)40(35,36)39-27-14-8-13-26(19-27)20-29(30(33)37-21-24-9-4-2-5-10-24)32-31(34)38-22-25-11-6-3-7-12-25/h2-19,29H,20-22H2,1H3,(H,32,34)/t29-/m0/s1. The Bertz CT molecular complexity index is 1520. The predicted molar refractivity (Wildman–Crippen MR) is 149 cm³/mol. The van der Waals surface area contributed by atoms with E-state index < -0.39 is 28.2 Å². The van der Waals surface area contributed by atoms with Crippen LogP contribution in [0.2, 0.25) is 0 Å². The third-order valence-corrected chi connectivity index (χ3v) is 7.13. The van der Waals surface area contributed by atoms with Crippen LogP contribution >= 0.6 is 0 Å². The topological polar surface area (TPSA) is 108 Å². The Morgan fingerprint density at radius 1 is 0.725 bits per heavy atom. The third-order valence-electron chi connectivity index (χ3n) is 5.87. The van der Waals surface area contributed by atoms with Crippen molar-refractivity contribution in [3.05, 3.63) is 131 Å². The van der Waals surface area contributed by atoms with Crippen LogP contribution < -0.4 is 9.50 Å². The van der Waals surface area contributed by atoms with E-state index >= 15 is 0 Å². The number of carbonyl (C=O) groups excluding carboxylic acids is 2. The molecule has 40 heavy (non-hydrogen) atoms. The van der Waals surface area contributed by atoms with Crippen molar-refractivity contribution in [1.29, 1.82) is 0 Å². The predicted octanol–water partition coefficient (Wildman–Crippen LogP) is 5.34. The summed E-state index contributed by atoms with van der Waals surface area (Å²) in [6.45, 7) is 1.90. The van der Waals surface area contributed by atoms with Crippen LogP contribution in [-0.4, -0.2) is 26.5 Å². The zero-order valence-corrected chi connectivity index (χ0v) is 22.7. The molecule has 9 heteroatoms. The van der Waals surface area contributed by atoms with E-state index in [2.05, 4.69) is 5.32 Å². The van der Waals surface area contributed by atoms with Gasteiger partial charge in [-0.1, -0.05) is 90.5 Å².